The molecule has 0 saturated carbocycles. The Morgan fingerprint density at radius 1 is 1.67 bits per heavy atom. The van der Waals surface area contributed by atoms with E-state index in [1.165, 1.54) is 6.20 Å². The number of halogens is 1. The first-order valence-corrected chi connectivity index (χ1v) is 5.34. The van der Waals surface area contributed by atoms with Crippen molar-refractivity contribution < 1.29 is 5.11 Å². The van der Waals surface area contributed by atoms with Gasteiger partial charge in [0.25, 0.3) is 0 Å². The van der Waals surface area contributed by atoms with Crippen LogP contribution in [0.2, 0.25) is 5.02 Å². The van der Waals surface area contributed by atoms with Crippen LogP contribution in [-0.2, 0) is 0 Å². The molecule has 0 aliphatic rings. The Morgan fingerprint density at radius 2 is 2.40 bits per heavy atom. The number of anilines is 2. The third kappa shape index (κ3) is 3.93. The lowest BCUT2D eigenvalue weighted by Gasteiger charge is -2.12. The van der Waals surface area contributed by atoms with Crippen LogP contribution >= 0.6 is 11.6 Å². The molecule has 1 rings (SSSR count). The number of nitrogens with two attached hydrogens (primary N) is 1. The third-order valence-electron chi connectivity index (χ3n) is 1.99. The molecule has 0 radical (unpaired) electrons. The Hall–Kier alpha value is -1.00. The molecule has 1 aromatic rings. The quantitative estimate of drug-likeness (QED) is 0.721. The second kappa shape index (κ2) is 5.78. The molecular formula is C10H16ClN3O. The number of aromatic nitrogens is 1. The Labute approximate surface area is 94.5 Å². The van der Waals surface area contributed by atoms with Gasteiger partial charge in [-0.05, 0) is 12.5 Å². The lowest BCUT2D eigenvalue weighted by Crippen LogP contribution is -2.19. The van der Waals surface area contributed by atoms with Gasteiger partial charge >= 0.3 is 0 Å². The summed E-state index contributed by atoms with van der Waals surface area (Å²) < 4.78 is 0. The van der Waals surface area contributed by atoms with Crippen LogP contribution in [0.25, 0.3) is 0 Å². The summed E-state index contributed by atoms with van der Waals surface area (Å²) in [6, 6.07) is 1.63. The average Bonchev–Trinajstić information content (AvgIpc) is 2.17. The molecule has 4 nitrogen and oxygen atoms in total. The second-order valence-corrected chi connectivity index (χ2v) is 3.83. The van der Waals surface area contributed by atoms with E-state index in [2.05, 4.69) is 10.3 Å². The normalized spacial score (nSPS) is 12.5. The van der Waals surface area contributed by atoms with Gasteiger partial charge in [-0.15, -0.1) is 0 Å². The van der Waals surface area contributed by atoms with E-state index in [4.69, 9.17) is 17.3 Å². The van der Waals surface area contributed by atoms with Crippen LogP contribution in [0, 0.1) is 0 Å². The van der Waals surface area contributed by atoms with Gasteiger partial charge in [0.05, 0.1) is 23.0 Å². The summed E-state index contributed by atoms with van der Waals surface area (Å²) in [5, 5.41) is 12.9. The zero-order valence-corrected chi connectivity index (χ0v) is 9.46. The molecule has 5 heteroatoms. The highest BCUT2D eigenvalue weighted by atomic mass is 35.5. The maximum Gasteiger partial charge on any atom is 0.145 e. The lowest BCUT2D eigenvalue weighted by molar-refractivity contribution is 0.176. The van der Waals surface area contributed by atoms with Crippen LogP contribution in [0.1, 0.15) is 19.8 Å². The molecule has 0 amide bonds. The number of aliphatic hydroxyl groups is 1. The molecule has 1 atom stereocenters. The summed E-state index contributed by atoms with van der Waals surface area (Å²) in [5.41, 5.74) is 6.03. The third-order valence-corrected chi connectivity index (χ3v) is 2.28. The average molecular weight is 230 g/mol. The first-order chi connectivity index (χ1) is 7.13. The minimum absolute atomic E-state index is 0.370. The van der Waals surface area contributed by atoms with Crippen LogP contribution in [-0.4, -0.2) is 22.7 Å². The molecule has 0 fully saturated rings. The maximum absolute atomic E-state index is 9.50. The van der Waals surface area contributed by atoms with Crippen LogP contribution in [0.15, 0.2) is 12.3 Å². The number of hydrogen-bond donors (Lipinski definition) is 3. The fourth-order valence-corrected chi connectivity index (χ4v) is 1.47. The van der Waals surface area contributed by atoms with E-state index in [0.717, 1.165) is 12.8 Å². The Kier molecular flexibility index (Phi) is 4.65. The molecule has 84 valence electrons. The molecule has 0 aromatic carbocycles. The van der Waals surface area contributed by atoms with Crippen molar-refractivity contribution in [2.45, 2.75) is 25.9 Å². The topological polar surface area (TPSA) is 71.2 Å². The van der Waals surface area contributed by atoms with Crippen molar-refractivity contribution in [3.05, 3.63) is 17.3 Å². The number of pyridine rings is 1. The molecule has 4 N–H and O–H groups in total. The summed E-state index contributed by atoms with van der Waals surface area (Å²) in [5.74, 6) is 0.556. The number of nitrogens with zero attached hydrogens (tertiary/aromatic N) is 1. The number of aliphatic hydroxyl groups excluding tert-OH is 1. The first-order valence-electron chi connectivity index (χ1n) is 4.96. The highest BCUT2D eigenvalue weighted by Crippen LogP contribution is 2.20. The van der Waals surface area contributed by atoms with Crippen molar-refractivity contribution in [1.82, 2.24) is 4.98 Å². The van der Waals surface area contributed by atoms with Gasteiger partial charge < -0.3 is 16.2 Å². The molecule has 0 spiro atoms. The summed E-state index contributed by atoms with van der Waals surface area (Å²) in [4.78, 5) is 4.03. The Morgan fingerprint density at radius 3 is 3.00 bits per heavy atom. The Bertz CT molecular complexity index is 320. The molecular weight excluding hydrogens is 214 g/mol. The zero-order chi connectivity index (χ0) is 11.3. The predicted octanol–water partition coefficient (Wildman–Crippen LogP) is 1.89. The van der Waals surface area contributed by atoms with Crippen LogP contribution in [0.4, 0.5) is 11.5 Å². The number of hydrogen-bond acceptors (Lipinski definition) is 4. The highest BCUT2D eigenvalue weighted by Gasteiger charge is 2.05. The summed E-state index contributed by atoms with van der Waals surface area (Å²) >= 11 is 5.90. The summed E-state index contributed by atoms with van der Waals surface area (Å²) in [7, 11) is 0. The molecule has 1 aromatic heterocycles. The lowest BCUT2D eigenvalue weighted by atomic mass is 10.2. The van der Waals surface area contributed by atoms with E-state index in [1.54, 1.807) is 6.07 Å². The van der Waals surface area contributed by atoms with Gasteiger partial charge in [0.1, 0.15) is 5.82 Å². The van der Waals surface area contributed by atoms with Crippen molar-refractivity contribution in [2.24, 2.45) is 0 Å². The van der Waals surface area contributed by atoms with E-state index in [0.29, 0.717) is 23.1 Å². The van der Waals surface area contributed by atoms with Crippen LogP contribution < -0.4 is 11.1 Å². The molecule has 15 heavy (non-hydrogen) atoms. The van der Waals surface area contributed by atoms with E-state index in [9.17, 15) is 5.11 Å². The smallest absolute Gasteiger partial charge is 0.145 e. The summed E-state index contributed by atoms with van der Waals surface area (Å²) in [6.45, 7) is 2.47. The molecule has 1 unspecified atom stereocenters. The predicted molar refractivity (Wildman–Crippen MR) is 63.1 cm³/mol. The van der Waals surface area contributed by atoms with E-state index >= 15 is 0 Å². The fourth-order valence-electron chi connectivity index (χ4n) is 1.23. The zero-order valence-electron chi connectivity index (χ0n) is 8.70. The van der Waals surface area contributed by atoms with E-state index in [-0.39, 0.29) is 6.10 Å². The van der Waals surface area contributed by atoms with Crippen molar-refractivity contribution in [3.63, 3.8) is 0 Å². The van der Waals surface area contributed by atoms with Gasteiger partial charge in [-0.3, -0.25) is 0 Å². The minimum Gasteiger partial charge on any atom is -0.397 e. The minimum atomic E-state index is -0.370. The van der Waals surface area contributed by atoms with Crippen LogP contribution in [0.5, 0.6) is 0 Å². The molecule has 0 aliphatic heterocycles. The Balaban J connectivity index is 2.50. The second-order valence-electron chi connectivity index (χ2n) is 3.42. The maximum atomic E-state index is 9.50. The van der Waals surface area contributed by atoms with E-state index in [1.807, 2.05) is 6.92 Å². The SMILES string of the molecule is CCCC(O)CNc1ncc(N)cc1Cl. The number of nitrogens with one attached hydrogen (secondary N) is 1. The monoisotopic (exact) mass is 229 g/mol. The van der Waals surface area contributed by atoms with Crippen molar-refractivity contribution in [1.29, 1.82) is 0 Å². The molecule has 0 saturated heterocycles. The van der Waals surface area contributed by atoms with Gasteiger partial charge in [0, 0.05) is 6.54 Å². The largest absolute Gasteiger partial charge is 0.397 e. The van der Waals surface area contributed by atoms with Gasteiger partial charge in [-0.25, -0.2) is 4.98 Å². The van der Waals surface area contributed by atoms with Gasteiger partial charge in [0.15, 0.2) is 0 Å². The van der Waals surface area contributed by atoms with Gasteiger partial charge in [-0.2, -0.15) is 0 Å². The standard InChI is InChI=1S/C10H16ClN3O/c1-2-3-8(15)6-14-10-9(11)4-7(12)5-13-10/h4-5,8,15H,2-3,6,12H2,1H3,(H,13,14). The van der Waals surface area contributed by atoms with Gasteiger partial charge in [-0.1, -0.05) is 24.9 Å². The van der Waals surface area contributed by atoms with Crippen LogP contribution in [0.3, 0.4) is 0 Å². The van der Waals surface area contributed by atoms with Crippen molar-refractivity contribution in [3.8, 4) is 0 Å². The highest BCUT2D eigenvalue weighted by molar-refractivity contribution is 6.33. The van der Waals surface area contributed by atoms with Crippen molar-refractivity contribution in [2.75, 3.05) is 17.6 Å². The molecule has 0 aliphatic carbocycles. The van der Waals surface area contributed by atoms with E-state index < -0.39 is 0 Å². The van der Waals surface area contributed by atoms with Crippen molar-refractivity contribution >= 4 is 23.1 Å². The fraction of sp³-hybridized carbons (Fsp3) is 0.500. The van der Waals surface area contributed by atoms with Gasteiger partial charge in [0.2, 0.25) is 0 Å². The summed E-state index contributed by atoms with van der Waals surface area (Å²) in [6.07, 6.45) is 2.87. The molecule has 1 heterocycles. The molecule has 0 bridgehead atoms. The number of rotatable bonds is 5. The number of nitrogen functional groups attached to an aromatic ring is 1. The first kappa shape index (κ1) is 12.1.